The summed E-state index contributed by atoms with van der Waals surface area (Å²) >= 11 is 0. The smallest absolute Gasteiger partial charge is 0.340 e. The fourth-order valence-electron chi connectivity index (χ4n) is 5.14. The van der Waals surface area contributed by atoms with Gasteiger partial charge < -0.3 is 14.2 Å². The predicted molar refractivity (Wildman–Crippen MR) is 139 cm³/mol. The molecule has 180 valence electrons. The number of allylic oxidation sites excluding steroid dienone is 1. The number of hydrogen-bond acceptors (Lipinski definition) is 3. The number of esters is 1. The highest BCUT2D eigenvalue weighted by molar-refractivity contribution is 6.16. The average Bonchev–Trinajstić information content (AvgIpc) is 3.25. The van der Waals surface area contributed by atoms with Crippen LogP contribution in [0.2, 0.25) is 0 Å². The zero-order valence-electron chi connectivity index (χ0n) is 21.5. The molecular weight excluding hydrogens is 436 g/mol. The van der Waals surface area contributed by atoms with Crippen molar-refractivity contribution in [3.63, 3.8) is 0 Å². The number of carbonyl (C=O) groups is 2. The van der Waals surface area contributed by atoms with E-state index in [1.54, 1.807) is 4.90 Å². The van der Waals surface area contributed by atoms with Gasteiger partial charge in [0.15, 0.2) is 0 Å². The van der Waals surface area contributed by atoms with E-state index in [0.717, 1.165) is 28.2 Å². The molecule has 0 radical (unpaired) electrons. The first kappa shape index (κ1) is 24.3. The lowest BCUT2D eigenvalue weighted by atomic mass is 10.0. The first-order valence-corrected chi connectivity index (χ1v) is 11.8. The number of hydrogen-bond donors (Lipinski definition) is 0. The van der Waals surface area contributed by atoms with Crippen LogP contribution in [0.1, 0.15) is 53.5 Å². The summed E-state index contributed by atoms with van der Waals surface area (Å²) in [5.41, 5.74) is 8.75. The molecule has 5 heteroatoms. The third kappa shape index (κ3) is 4.12. The van der Waals surface area contributed by atoms with E-state index in [-0.39, 0.29) is 11.9 Å². The van der Waals surface area contributed by atoms with Crippen LogP contribution in [0.25, 0.3) is 11.8 Å². The van der Waals surface area contributed by atoms with Gasteiger partial charge in [0.05, 0.1) is 30.0 Å². The Morgan fingerprint density at radius 2 is 1.57 bits per heavy atom. The summed E-state index contributed by atoms with van der Waals surface area (Å²) in [6.45, 7) is 12.1. The fourth-order valence-corrected chi connectivity index (χ4v) is 5.14. The molecule has 0 fully saturated rings. The van der Waals surface area contributed by atoms with Gasteiger partial charge in [-0.1, -0.05) is 48.5 Å². The first-order chi connectivity index (χ1) is 16.7. The number of amides is 1. The molecule has 4 rings (SSSR count). The molecule has 5 nitrogen and oxygen atoms in total. The number of rotatable bonds is 5. The van der Waals surface area contributed by atoms with Gasteiger partial charge in [-0.3, -0.25) is 4.79 Å². The Hall–Kier alpha value is -3.86. The van der Waals surface area contributed by atoms with Crippen molar-refractivity contribution in [3.05, 3.63) is 105 Å². The predicted octanol–water partition coefficient (Wildman–Crippen LogP) is 6.14. The van der Waals surface area contributed by atoms with E-state index in [1.165, 1.54) is 18.2 Å². The van der Waals surface area contributed by atoms with Crippen LogP contribution in [0.3, 0.4) is 0 Å². The monoisotopic (exact) mass is 468 g/mol. The average molecular weight is 469 g/mol. The summed E-state index contributed by atoms with van der Waals surface area (Å²) < 4.78 is 7.31. The lowest BCUT2D eigenvalue weighted by molar-refractivity contribution is -0.136. The van der Waals surface area contributed by atoms with Gasteiger partial charge >= 0.3 is 5.97 Å². The zero-order valence-corrected chi connectivity index (χ0v) is 21.5. The van der Waals surface area contributed by atoms with E-state index in [2.05, 4.69) is 49.6 Å². The van der Waals surface area contributed by atoms with Gasteiger partial charge in [-0.2, -0.15) is 0 Å². The van der Waals surface area contributed by atoms with E-state index in [1.807, 2.05) is 57.2 Å². The highest BCUT2D eigenvalue weighted by atomic mass is 16.5. The van der Waals surface area contributed by atoms with Crippen molar-refractivity contribution in [2.45, 2.75) is 47.6 Å². The Kier molecular flexibility index (Phi) is 6.53. The molecule has 3 aromatic rings. The van der Waals surface area contributed by atoms with E-state index in [4.69, 9.17) is 4.74 Å². The minimum Gasteiger partial charge on any atom is -0.465 e. The van der Waals surface area contributed by atoms with Crippen molar-refractivity contribution in [2.24, 2.45) is 0 Å². The van der Waals surface area contributed by atoms with E-state index >= 15 is 0 Å². The number of methoxy groups -OCH3 is 1. The Bertz CT molecular complexity index is 1360. The third-order valence-corrected chi connectivity index (χ3v) is 6.93. The van der Waals surface area contributed by atoms with Crippen molar-refractivity contribution in [2.75, 3.05) is 7.11 Å². The third-order valence-electron chi connectivity index (χ3n) is 6.93. The number of aromatic nitrogens is 1. The van der Waals surface area contributed by atoms with Gasteiger partial charge in [-0.15, -0.1) is 0 Å². The summed E-state index contributed by atoms with van der Waals surface area (Å²) in [6, 6.07) is 17.9. The van der Waals surface area contributed by atoms with Crippen LogP contribution in [-0.4, -0.2) is 28.5 Å². The lowest BCUT2D eigenvalue weighted by Crippen LogP contribution is -2.28. The molecule has 2 heterocycles. The molecule has 0 N–H and O–H groups in total. The normalized spacial score (nSPS) is 15.8. The standard InChI is InChI=1S/C30H32N2O3/c1-18-12-11-13-19(2)28(18)31-20(3)16-25(22(31)5)17-26-27(30(34)35-7)23(6)32(29(26)33)21(4)24-14-9-8-10-15-24/h8-17,21H,1-7H3/b26-17-/t21-/m1/s1. The molecular formula is C30H32N2O3. The second-order valence-corrected chi connectivity index (χ2v) is 9.17. The van der Waals surface area contributed by atoms with Crippen molar-refractivity contribution >= 4 is 18.0 Å². The SMILES string of the molecule is COC(=O)C1=C(C)N([C@H](C)c2ccccc2)C(=O)/C1=C\c1cc(C)n(-c2c(C)cccc2C)c1C. The number of ether oxygens (including phenoxy) is 1. The molecule has 0 saturated heterocycles. The summed E-state index contributed by atoms with van der Waals surface area (Å²) in [6.07, 6.45) is 1.84. The highest BCUT2D eigenvalue weighted by Gasteiger charge is 2.39. The van der Waals surface area contributed by atoms with Crippen LogP contribution in [0, 0.1) is 27.7 Å². The molecule has 35 heavy (non-hydrogen) atoms. The topological polar surface area (TPSA) is 51.5 Å². The summed E-state index contributed by atoms with van der Waals surface area (Å²) in [5.74, 6) is -0.704. The molecule has 0 aliphatic carbocycles. The molecule has 2 aromatic carbocycles. The molecule has 1 amide bonds. The van der Waals surface area contributed by atoms with Crippen molar-refractivity contribution in [3.8, 4) is 5.69 Å². The van der Waals surface area contributed by atoms with Gasteiger partial charge in [-0.25, -0.2) is 4.79 Å². The summed E-state index contributed by atoms with van der Waals surface area (Å²) in [5, 5.41) is 0. The minimum atomic E-state index is -0.506. The fraction of sp³-hybridized carbons (Fsp3) is 0.267. The Labute approximate surface area is 207 Å². The minimum absolute atomic E-state index is 0.198. The second kappa shape index (κ2) is 9.41. The quantitative estimate of drug-likeness (QED) is 0.334. The van der Waals surface area contributed by atoms with Gasteiger partial charge in [0.2, 0.25) is 0 Å². The van der Waals surface area contributed by atoms with Crippen LogP contribution in [-0.2, 0) is 14.3 Å². The summed E-state index contributed by atoms with van der Waals surface area (Å²) in [7, 11) is 1.35. The van der Waals surface area contributed by atoms with Crippen molar-refractivity contribution in [1.29, 1.82) is 0 Å². The Morgan fingerprint density at radius 1 is 0.943 bits per heavy atom. The number of aryl methyl sites for hydroxylation is 3. The maximum atomic E-state index is 13.7. The maximum absolute atomic E-state index is 13.7. The summed E-state index contributed by atoms with van der Waals surface area (Å²) in [4.78, 5) is 28.3. The molecule has 0 saturated carbocycles. The van der Waals surface area contributed by atoms with E-state index < -0.39 is 5.97 Å². The number of para-hydroxylation sites is 1. The van der Waals surface area contributed by atoms with Crippen molar-refractivity contribution in [1.82, 2.24) is 9.47 Å². The van der Waals surface area contributed by atoms with Gasteiger partial charge in [0.25, 0.3) is 5.91 Å². The number of carbonyl (C=O) groups excluding carboxylic acids is 2. The molecule has 0 bridgehead atoms. The van der Waals surface area contributed by atoms with Gasteiger partial charge in [0.1, 0.15) is 0 Å². The van der Waals surface area contributed by atoms with E-state index in [9.17, 15) is 9.59 Å². The molecule has 0 unspecified atom stereocenters. The lowest BCUT2D eigenvalue weighted by Gasteiger charge is -2.26. The highest BCUT2D eigenvalue weighted by Crippen LogP contribution is 2.38. The van der Waals surface area contributed by atoms with Crippen LogP contribution in [0.15, 0.2) is 71.4 Å². The van der Waals surface area contributed by atoms with Crippen LogP contribution in [0.4, 0.5) is 0 Å². The number of benzene rings is 2. The first-order valence-electron chi connectivity index (χ1n) is 11.8. The molecule has 1 aliphatic rings. The number of nitrogens with zero attached hydrogens (tertiary/aromatic N) is 2. The van der Waals surface area contributed by atoms with Gasteiger partial charge in [-0.05, 0) is 75.9 Å². The molecule has 1 atom stereocenters. The van der Waals surface area contributed by atoms with Crippen LogP contribution in [0.5, 0.6) is 0 Å². The second-order valence-electron chi connectivity index (χ2n) is 9.17. The van der Waals surface area contributed by atoms with Crippen LogP contribution < -0.4 is 0 Å². The maximum Gasteiger partial charge on any atom is 0.340 e. The van der Waals surface area contributed by atoms with Gasteiger partial charge in [0, 0.05) is 17.1 Å². The molecule has 1 aliphatic heterocycles. The van der Waals surface area contributed by atoms with E-state index in [0.29, 0.717) is 16.8 Å². The Balaban J connectivity index is 1.85. The molecule has 1 aromatic heterocycles. The van der Waals surface area contributed by atoms with Crippen LogP contribution >= 0.6 is 0 Å². The molecule has 0 spiro atoms. The largest absolute Gasteiger partial charge is 0.465 e. The Morgan fingerprint density at radius 3 is 2.17 bits per heavy atom. The zero-order chi connectivity index (χ0) is 25.4. The van der Waals surface area contributed by atoms with Crippen molar-refractivity contribution < 1.29 is 14.3 Å².